The van der Waals surface area contributed by atoms with Crippen LogP contribution in [-0.2, 0) is 0 Å². The van der Waals surface area contributed by atoms with Gasteiger partial charge >= 0.3 is 6.18 Å². The number of ether oxygens (including phenoxy) is 2. The number of hydrogen-bond donors (Lipinski definition) is 1. The van der Waals surface area contributed by atoms with Crippen molar-refractivity contribution in [2.75, 3.05) is 40.4 Å². The summed E-state index contributed by atoms with van der Waals surface area (Å²) in [6.07, 6.45) is -5.02. The highest BCUT2D eigenvalue weighted by molar-refractivity contribution is 9.10. The van der Waals surface area contributed by atoms with Crippen molar-refractivity contribution in [3.8, 4) is 11.5 Å². The van der Waals surface area contributed by atoms with Crippen LogP contribution in [0.25, 0.3) is 0 Å². The normalized spacial score (nSPS) is 16.9. The molecule has 1 aliphatic heterocycles. The van der Waals surface area contributed by atoms with Crippen LogP contribution >= 0.6 is 28.3 Å². The standard InChI is InChI=1S/C16H22BrF3N2O2.ClH/c1-23-14-10-12(17)15(24-2)9-11(14)13(3-4-16(18,19)20)22-7-5-21-6-8-22;/h9-10,13,21H,3-8H2,1-2H3;1H/t13-;/m0./s1. The lowest BCUT2D eigenvalue weighted by molar-refractivity contribution is -0.138. The summed E-state index contributed by atoms with van der Waals surface area (Å²) in [6, 6.07) is 3.15. The van der Waals surface area contributed by atoms with Crippen molar-refractivity contribution in [2.24, 2.45) is 0 Å². The summed E-state index contributed by atoms with van der Waals surface area (Å²) in [5.41, 5.74) is 0.726. The van der Waals surface area contributed by atoms with Gasteiger partial charge in [-0.25, -0.2) is 0 Å². The van der Waals surface area contributed by atoms with Crippen LogP contribution in [0, 0.1) is 0 Å². The molecule has 4 nitrogen and oxygen atoms in total. The van der Waals surface area contributed by atoms with Crippen LogP contribution in [0.3, 0.4) is 0 Å². The van der Waals surface area contributed by atoms with E-state index >= 15 is 0 Å². The smallest absolute Gasteiger partial charge is 0.389 e. The average molecular weight is 448 g/mol. The molecule has 0 aliphatic carbocycles. The lowest BCUT2D eigenvalue weighted by atomic mass is 9.98. The summed E-state index contributed by atoms with van der Waals surface area (Å²) in [4.78, 5) is 2.08. The molecule has 0 bridgehead atoms. The summed E-state index contributed by atoms with van der Waals surface area (Å²) in [7, 11) is 3.06. The third kappa shape index (κ3) is 6.20. The molecular formula is C16H23BrClF3N2O2. The molecule has 1 aromatic rings. The highest BCUT2D eigenvalue weighted by Crippen LogP contribution is 2.40. The molecule has 0 saturated carbocycles. The Kier molecular flexibility index (Phi) is 8.80. The molecule has 1 aromatic carbocycles. The van der Waals surface area contributed by atoms with E-state index in [9.17, 15) is 13.2 Å². The lowest BCUT2D eigenvalue weighted by Gasteiger charge is -2.36. The Hall–Kier alpha value is -0.700. The van der Waals surface area contributed by atoms with Crippen molar-refractivity contribution in [2.45, 2.75) is 25.1 Å². The molecule has 1 heterocycles. The molecular weight excluding hydrogens is 425 g/mol. The van der Waals surface area contributed by atoms with Crippen LogP contribution in [0.2, 0.25) is 0 Å². The number of rotatable bonds is 6. The number of halogens is 5. The van der Waals surface area contributed by atoms with Crippen LogP contribution in [0.15, 0.2) is 16.6 Å². The zero-order valence-electron chi connectivity index (χ0n) is 14.2. The van der Waals surface area contributed by atoms with E-state index in [1.165, 1.54) is 14.2 Å². The Morgan fingerprint density at radius 1 is 1.16 bits per heavy atom. The van der Waals surface area contributed by atoms with Crippen LogP contribution in [-0.4, -0.2) is 51.5 Å². The van der Waals surface area contributed by atoms with Crippen molar-refractivity contribution < 1.29 is 22.6 Å². The zero-order chi connectivity index (χ0) is 17.7. The van der Waals surface area contributed by atoms with Gasteiger partial charge in [0, 0.05) is 44.2 Å². The summed E-state index contributed by atoms with van der Waals surface area (Å²) in [5.74, 6) is 1.14. The van der Waals surface area contributed by atoms with Gasteiger partial charge in [0.2, 0.25) is 0 Å². The van der Waals surface area contributed by atoms with Crippen LogP contribution in [0.5, 0.6) is 11.5 Å². The summed E-state index contributed by atoms with van der Waals surface area (Å²) >= 11 is 3.39. The summed E-state index contributed by atoms with van der Waals surface area (Å²) in [5, 5.41) is 3.23. The van der Waals surface area contributed by atoms with Crippen LogP contribution in [0.1, 0.15) is 24.4 Å². The maximum atomic E-state index is 12.8. The predicted molar refractivity (Wildman–Crippen MR) is 97.0 cm³/mol. The van der Waals surface area contributed by atoms with E-state index in [0.29, 0.717) is 29.1 Å². The molecule has 1 atom stereocenters. The third-order valence-electron chi connectivity index (χ3n) is 4.16. The molecule has 2 rings (SSSR count). The molecule has 1 N–H and O–H groups in total. The molecule has 25 heavy (non-hydrogen) atoms. The molecule has 144 valence electrons. The van der Waals surface area contributed by atoms with Crippen LogP contribution < -0.4 is 14.8 Å². The molecule has 0 unspecified atom stereocenters. The van der Waals surface area contributed by atoms with E-state index in [2.05, 4.69) is 26.1 Å². The number of alkyl halides is 3. The predicted octanol–water partition coefficient (Wildman–Crippen LogP) is 4.18. The Morgan fingerprint density at radius 2 is 1.76 bits per heavy atom. The minimum atomic E-state index is -4.18. The second kappa shape index (κ2) is 9.85. The second-order valence-corrected chi connectivity index (χ2v) is 6.54. The molecule has 1 aliphatic rings. The van der Waals surface area contributed by atoms with E-state index in [4.69, 9.17) is 9.47 Å². The fourth-order valence-corrected chi connectivity index (χ4v) is 3.46. The highest BCUT2D eigenvalue weighted by atomic mass is 79.9. The third-order valence-corrected chi connectivity index (χ3v) is 4.78. The molecule has 0 amide bonds. The molecule has 1 saturated heterocycles. The van der Waals surface area contributed by atoms with Gasteiger partial charge in [-0.2, -0.15) is 13.2 Å². The van der Waals surface area contributed by atoms with E-state index in [0.717, 1.165) is 18.7 Å². The first-order valence-electron chi connectivity index (χ1n) is 7.78. The zero-order valence-corrected chi connectivity index (χ0v) is 16.6. The second-order valence-electron chi connectivity index (χ2n) is 5.68. The number of piperazine rings is 1. The molecule has 0 aromatic heterocycles. The van der Waals surface area contributed by atoms with Gasteiger partial charge in [-0.3, -0.25) is 4.90 Å². The molecule has 0 spiro atoms. The fraction of sp³-hybridized carbons (Fsp3) is 0.625. The van der Waals surface area contributed by atoms with Crippen molar-refractivity contribution in [1.29, 1.82) is 0 Å². The molecule has 1 fully saturated rings. The summed E-state index contributed by atoms with van der Waals surface area (Å²) < 4.78 is 49.8. The number of methoxy groups -OCH3 is 2. The van der Waals surface area contributed by atoms with E-state index < -0.39 is 12.6 Å². The molecule has 9 heteroatoms. The topological polar surface area (TPSA) is 33.7 Å². The Morgan fingerprint density at radius 3 is 2.28 bits per heavy atom. The first-order valence-corrected chi connectivity index (χ1v) is 8.58. The number of hydrogen-bond acceptors (Lipinski definition) is 4. The molecule has 0 radical (unpaired) electrons. The SMILES string of the molecule is COc1cc([C@H](CCC(F)(F)F)N2CCNCC2)c(OC)cc1Br.Cl. The first kappa shape index (κ1) is 22.3. The van der Waals surface area contributed by atoms with Gasteiger partial charge in [-0.05, 0) is 34.5 Å². The number of nitrogens with zero attached hydrogens (tertiary/aromatic N) is 1. The lowest BCUT2D eigenvalue weighted by Crippen LogP contribution is -2.45. The van der Waals surface area contributed by atoms with Gasteiger partial charge < -0.3 is 14.8 Å². The van der Waals surface area contributed by atoms with Crippen molar-refractivity contribution in [1.82, 2.24) is 10.2 Å². The average Bonchev–Trinajstić information content (AvgIpc) is 2.55. The van der Waals surface area contributed by atoms with E-state index in [1.807, 2.05) is 0 Å². The highest BCUT2D eigenvalue weighted by Gasteiger charge is 2.32. The summed E-state index contributed by atoms with van der Waals surface area (Å²) in [6.45, 7) is 2.92. The minimum Gasteiger partial charge on any atom is -0.496 e. The van der Waals surface area contributed by atoms with E-state index in [1.54, 1.807) is 12.1 Å². The van der Waals surface area contributed by atoms with Gasteiger partial charge in [-0.15, -0.1) is 12.4 Å². The first-order chi connectivity index (χ1) is 11.4. The van der Waals surface area contributed by atoms with Gasteiger partial charge in [0.05, 0.1) is 18.7 Å². The Bertz CT molecular complexity index is 555. The Labute approximate surface area is 160 Å². The van der Waals surface area contributed by atoms with E-state index in [-0.39, 0.29) is 24.9 Å². The monoisotopic (exact) mass is 446 g/mol. The maximum Gasteiger partial charge on any atom is 0.389 e. The van der Waals surface area contributed by atoms with Crippen molar-refractivity contribution in [3.05, 3.63) is 22.2 Å². The fourth-order valence-electron chi connectivity index (χ4n) is 2.97. The van der Waals surface area contributed by atoms with Crippen molar-refractivity contribution in [3.63, 3.8) is 0 Å². The van der Waals surface area contributed by atoms with Crippen molar-refractivity contribution >= 4 is 28.3 Å². The van der Waals surface area contributed by atoms with Gasteiger partial charge in [0.1, 0.15) is 11.5 Å². The van der Waals surface area contributed by atoms with Crippen LogP contribution in [0.4, 0.5) is 13.2 Å². The van der Waals surface area contributed by atoms with Gasteiger partial charge in [-0.1, -0.05) is 0 Å². The minimum absolute atomic E-state index is 0. The Balaban J connectivity index is 0.00000312. The maximum absolute atomic E-state index is 12.8. The van der Waals surface area contributed by atoms with Gasteiger partial charge in [0.15, 0.2) is 0 Å². The number of benzene rings is 1. The largest absolute Gasteiger partial charge is 0.496 e. The number of nitrogens with one attached hydrogen (secondary N) is 1. The quantitative estimate of drug-likeness (QED) is 0.709. The van der Waals surface area contributed by atoms with Gasteiger partial charge in [0.25, 0.3) is 0 Å².